The van der Waals surface area contributed by atoms with E-state index >= 15 is 0 Å². The molecule has 0 bridgehead atoms. The van der Waals surface area contributed by atoms with Crippen molar-refractivity contribution < 1.29 is 23.1 Å². The highest BCUT2D eigenvalue weighted by Gasteiger charge is 2.19. The number of halogens is 2. The zero-order valence-corrected chi connectivity index (χ0v) is 16.0. The van der Waals surface area contributed by atoms with Gasteiger partial charge in [-0.15, -0.1) is 0 Å². The van der Waals surface area contributed by atoms with Crippen LogP contribution in [0.1, 0.15) is 41.3 Å². The number of pyridine rings is 1. The van der Waals surface area contributed by atoms with E-state index in [1.54, 1.807) is 0 Å². The number of rotatable bonds is 7. The third kappa shape index (κ3) is 5.75. The Balaban J connectivity index is 2.04. The zero-order valence-electron chi connectivity index (χ0n) is 15.2. The van der Waals surface area contributed by atoms with Crippen molar-refractivity contribution in [2.24, 2.45) is 0 Å². The highest BCUT2D eigenvalue weighted by atomic mass is 32.2. The lowest BCUT2D eigenvalue weighted by Gasteiger charge is -2.16. The Morgan fingerprint density at radius 1 is 1.22 bits per heavy atom. The van der Waals surface area contributed by atoms with Gasteiger partial charge in [0.1, 0.15) is 5.03 Å². The number of aryl methyl sites for hydroxylation is 1. The van der Waals surface area contributed by atoms with Crippen molar-refractivity contribution in [3.8, 4) is 0 Å². The molecule has 27 heavy (non-hydrogen) atoms. The predicted octanol–water partition coefficient (Wildman–Crippen LogP) is 4.62. The minimum atomic E-state index is -2.72. The Hall–Kier alpha value is -2.48. The van der Waals surface area contributed by atoms with Crippen LogP contribution < -0.4 is 5.32 Å². The summed E-state index contributed by atoms with van der Waals surface area (Å²) in [6.45, 7) is 5.36. The summed E-state index contributed by atoms with van der Waals surface area (Å²) in [6, 6.07) is 8.47. The lowest BCUT2D eigenvalue weighted by Crippen LogP contribution is -2.22. The number of aromatic nitrogens is 1. The van der Waals surface area contributed by atoms with Gasteiger partial charge in [-0.3, -0.25) is 4.79 Å². The van der Waals surface area contributed by atoms with Crippen molar-refractivity contribution in [1.29, 1.82) is 0 Å². The number of thioether (sulfide) groups is 1. The number of para-hydroxylation sites is 1. The molecule has 5 nitrogen and oxygen atoms in total. The first kappa shape index (κ1) is 20.8. The van der Waals surface area contributed by atoms with Crippen LogP contribution in [0.15, 0.2) is 41.6 Å². The Morgan fingerprint density at radius 3 is 2.63 bits per heavy atom. The van der Waals surface area contributed by atoms with E-state index < -0.39 is 24.2 Å². The van der Waals surface area contributed by atoms with Crippen LogP contribution in [-0.2, 0) is 9.53 Å². The van der Waals surface area contributed by atoms with Crippen molar-refractivity contribution in [2.45, 2.75) is 37.5 Å². The zero-order chi connectivity index (χ0) is 20.0. The number of amides is 1. The fourth-order valence-electron chi connectivity index (χ4n) is 2.45. The van der Waals surface area contributed by atoms with Gasteiger partial charge in [0.15, 0.2) is 6.61 Å². The molecule has 1 aromatic carbocycles. The summed E-state index contributed by atoms with van der Waals surface area (Å²) >= 11 is 0.152. The number of hydrogen-bond acceptors (Lipinski definition) is 5. The van der Waals surface area contributed by atoms with E-state index in [1.165, 1.54) is 18.3 Å². The second kappa shape index (κ2) is 9.45. The maximum Gasteiger partial charge on any atom is 0.341 e. The van der Waals surface area contributed by atoms with Crippen LogP contribution in [-0.4, -0.2) is 29.2 Å². The molecule has 0 saturated heterocycles. The molecule has 1 aromatic heterocycles. The van der Waals surface area contributed by atoms with Gasteiger partial charge in [0.05, 0.1) is 5.56 Å². The number of nitrogens with one attached hydrogen (secondary N) is 1. The van der Waals surface area contributed by atoms with Crippen LogP contribution in [0.2, 0.25) is 0 Å². The third-order valence-corrected chi connectivity index (χ3v) is 4.44. The molecule has 0 saturated carbocycles. The average Bonchev–Trinajstić information content (AvgIpc) is 2.61. The van der Waals surface area contributed by atoms with Gasteiger partial charge in [0.2, 0.25) is 0 Å². The normalized spacial score (nSPS) is 10.9. The molecule has 0 fully saturated rings. The molecule has 0 radical (unpaired) electrons. The van der Waals surface area contributed by atoms with E-state index in [9.17, 15) is 18.4 Å². The fourth-order valence-corrected chi connectivity index (χ4v) is 3.02. The molecule has 2 rings (SSSR count). The van der Waals surface area contributed by atoms with Crippen molar-refractivity contribution in [3.63, 3.8) is 0 Å². The van der Waals surface area contributed by atoms with Gasteiger partial charge in [0, 0.05) is 11.9 Å². The summed E-state index contributed by atoms with van der Waals surface area (Å²) in [7, 11) is 0. The molecule has 0 unspecified atom stereocenters. The molecular weight excluding hydrogens is 374 g/mol. The van der Waals surface area contributed by atoms with Crippen LogP contribution in [0.5, 0.6) is 0 Å². The van der Waals surface area contributed by atoms with Crippen molar-refractivity contribution in [3.05, 3.63) is 53.2 Å². The molecule has 144 valence electrons. The SMILES string of the molecule is Cc1cccc(C(C)C)c1NC(=O)COC(=O)c1cccnc1SC(F)F. The van der Waals surface area contributed by atoms with Crippen LogP contribution >= 0.6 is 11.8 Å². The second-order valence-corrected chi connectivity index (χ2v) is 7.03. The number of anilines is 1. The number of carbonyl (C=O) groups is 2. The van der Waals surface area contributed by atoms with Gasteiger partial charge >= 0.3 is 5.97 Å². The fraction of sp³-hybridized carbons (Fsp3) is 0.316. The molecule has 0 aliphatic heterocycles. The highest BCUT2D eigenvalue weighted by molar-refractivity contribution is 7.99. The number of ether oxygens (including phenoxy) is 1. The van der Waals surface area contributed by atoms with E-state index in [2.05, 4.69) is 10.3 Å². The lowest BCUT2D eigenvalue weighted by atomic mass is 9.98. The summed E-state index contributed by atoms with van der Waals surface area (Å²) in [5.74, 6) is -3.90. The number of carbonyl (C=O) groups excluding carboxylic acids is 2. The van der Waals surface area contributed by atoms with Gasteiger partial charge in [0.25, 0.3) is 11.7 Å². The van der Waals surface area contributed by atoms with Crippen LogP contribution in [0.4, 0.5) is 14.5 Å². The summed E-state index contributed by atoms with van der Waals surface area (Å²) in [5.41, 5.74) is 2.44. The number of benzene rings is 1. The Bertz CT molecular complexity index is 828. The first-order valence-electron chi connectivity index (χ1n) is 8.26. The van der Waals surface area contributed by atoms with E-state index in [1.807, 2.05) is 39.0 Å². The van der Waals surface area contributed by atoms with E-state index in [0.717, 1.165) is 11.1 Å². The molecule has 1 amide bonds. The predicted molar refractivity (Wildman–Crippen MR) is 100 cm³/mol. The number of nitrogens with zero attached hydrogens (tertiary/aromatic N) is 1. The lowest BCUT2D eigenvalue weighted by molar-refractivity contribution is -0.119. The number of esters is 1. The molecule has 0 spiro atoms. The molecule has 0 aliphatic carbocycles. The second-order valence-electron chi connectivity index (χ2n) is 6.05. The minimum Gasteiger partial charge on any atom is -0.452 e. The topological polar surface area (TPSA) is 68.3 Å². The van der Waals surface area contributed by atoms with E-state index in [4.69, 9.17) is 4.74 Å². The van der Waals surface area contributed by atoms with Gasteiger partial charge < -0.3 is 10.1 Å². The first-order chi connectivity index (χ1) is 12.8. The molecule has 0 atom stereocenters. The Labute approximate surface area is 160 Å². The summed E-state index contributed by atoms with van der Waals surface area (Å²) in [4.78, 5) is 28.1. The molecular formula is C19H20F2N2O3S. The standard InChI is InChI=1S/C19H20F2N2O3S/c1-11(2)13-7-4-6-12(3)16(13)23-15(24)10-26-18(25)14-8-5-9-22-17(14)27-19(20)21/h4-9,11,19H,10H2,1-3H3,(H,23,24). The molecule has 8 heteroatoms. The molecule has 1 N–H and O–H groups in total. The summed E-state index contributed by atoms with van der Waals surface area (Å²) in [5, 5.41) is 2.62. The minimum absolute atomic E-state index is 0.102. The van der Waals surface area contributed by atoms with E-state index in [-0.39, 0.29) is 28.3 Å². The van der Waals surface area contributed by atoms with Crippen molar-refractivity contribution in [2.75, 3.05) is 11.9 Å². The Kier molecular flexibility index (Phi) is 7.29. The van der Waals surface area contributed by atoms with Crippen LogP contribution in [0, 0.1) is 6.92 Å². The van der Waals surface area contributed by atoms with Gasteiger partial charge in [-0.05, 0) is 47.9 Å². The molecule has 1 heterocycles. The molecule has 2 aromatic rings. The monoisotopic (exact) mass is 394 g/mol. The maximum atomic E-state index is 12.6. The van der Waals surface area contributed by atoms with Gasteiger partial charge in [-0.2, -0.15) is 8.78 Å². The van der Waals surface area contributed by atoms with Crippen molar-refractivity contribution in [1.82, 2.24) is 4.98 Å². The smallest absolute Gasteiger partial charge is 0.341 e. The Morgan fingerprint density at radius 2 is 1.96 bits per heavy atom. The average molecular weight is 394 g/mol. The summed E-state index contributed by atoms with van der Waals surface area (Å²) < 4.78 is 30.1. The van der Waals surface area contributed by atoms with E-state index in [0.29, 0.717) is 5.69 Å². The third-order valence-electron chi connectivity index (χ3n) is 3.72. The van der Waals surface area contributed by atoms with Gasteiger partial charge in [-0.1, -0.05) is 32.0 Å². The molecule has 0 aliphatic rings. The maximum absolute atomic E-state index is 12.6. The van der Waals surface area contributed by atoms with Crippen molar-refractivity contribution >= 4 is 29.3 Å². The number of alkyl halides is 2. The largest absolute Gasteiger partial charge is 0.452 e. The number of hydrogen-bond donors (Lipinski definition) is 1. The highest BCUT2D eigenvalue weighted by Crippen LogP contribution is 2.28. The quantitative estimate of drug-likeness (QED) is 0.548. The van der Waals surface area contributed by atoms with Crippen LogP contribution in [0.3, 0.4) is 0 Å². The van der Waals surface area contributed by atoms with Gasteiger partial charge in [-0.25, -0.2) is 9.78 Å². The first-order valence-corrected chi connectivity index (χ1v) is 9.14. The summed E-state index contributed by atoms with van der Waals surface area (Å²) in [6.07, 6.45) is 1.31. The van der Waals surface area contributed by atoms with Crippen LogP contribution in [0.25, 0.3) is 0 Å².